The van der Waals surface area contributed by atoms with Gasteiger partial charge in [-0.15, -0.1) is 0 Å². The fourth-order valence-corrected chi connectivity index (χ4v) is 3.21. The molecule has 27 heavy (non-hydrogen) atoms. The Labute approximate surface area is 156 Å². The van der Waals surface area contributed by atoms with E-state index in [-0.39, 0.29) is 11.3 Å². The van der Waals surface area contributed by atoms with E-state index in [0.717, 1.165) is 0 Å². The highest BCUT2D eigenvalue weighted by Crippen LogP contribution is 2.47. The standard InChI is InChI=1S/C21H20O6/c1-21(2)9-8-13-18(25)17(19(26)14(11-22)20(13)27-21)16(24)10-15(23)12-6-4-3-5-7-12/h3-7,11,25-26H,8-10H2,1-2H3. The van der Waals surface area contributed by atoms with Gasteiger partial charge in [0.1, 0.15) is 28.4 Å². The number of carbonyl (C=O) groups is 3. The molecule has 1 aliphatic heterocycles. The number of aromatic hydroxyl groups is 2. The Hall–Kier alpha value is -3.15. The molecule has 0 aliphatic carbocycles. The van der Waals surface area contributed by atoms with Crippen molar-refractivity contribution in [1.82, 2.24) is 0 Å². The van der Waals surface area contributed by atoms with Crippen LogP contribution in [-0.4, -0.2) is 33.7 Å². The number of ketones is 2. The third-order valence-electron chi connectivity index (χ3n) is 4.70. The molecule has 0 fully saturated rings. The molecule has 0 bridgehead atoms. The number of phenols is 2. The summed E-state index contributed by atoms with van der Waals surface area (Å²) in [5, 5.41) is 21.0. The Morgan fingerprint density at radius 2 is 1.78 bits per heavy atom. The smallest absolute Gasteiger partial charge is 0.178 e. The van der Waals surface area contributed by atoms with Crippen LogP contribution in [-0.2, 0) is 6.42 Å². The number of phenolic OH excluding ortho intramolecular Hbond substituents is 2. The van der Waals surface area contributed by atoms with E-state index in [1.807, 2.05) is 13.8 Å². The number of aldehydes is 1. The topological polar surface area (TPSA) is 101 Å². The first-order valence-corrected chi connectivity index (χ1v) is 8.61. The number of benzene rings is 2. The molecule has 1 aliphatic rings. The van der Waals surface area contributed by atoms with Gasteiger partial charge in [-0.1, -0.05) is 30.3 Å². The van der Waals surface area contributed by atoms with E-state index < -0.39 is 40.7 Å². The SMILES string of the molecule is CC1(C)CCc2c(O)c(C(=O)CC(=O)c3ccccc3)c(O)c(C=O)c2O1. The van der Waals surface area contributed by atoms with Crippen molar-refractivity contribution in [3.05, 3.63) is 52.6 Å². The molecule has 2 aromatic carbocycles. The Morgan fingerprint density at radius 1 is 1.11 bits per heavy atom. The summed E-state index contributed by atoms with van der Waals surface area (Å²) in [6.07, 6.45) is 0.800. The predicted molar refractivity (Wildman–Crippen MR) is 97.9 cm³/mol. The Morgan fingerprint density at radius 3 is 2.41 bits per heavy atom. The molecule has 3 rings (SSSR count). The van der Waals surface area contributed by atoms with Crippen molar-refractivity contribution in [3.63, 3.8) is 0 Å². The van der Waals surface area contributed by atoms with Gasteiger partial charge < -0.3 is 14.9 Å². The molecule has 6 nitrogen and oxygen atoms in total. The summed E-state index contributed by atoms with van der Waals surface area (Å²) in [6, 6.07) is 8.26. The summed E-state index contributed by atoms with van der Waals surface area (Å²) in [5.41, 5.74) is -0.527. The van der Waals surface area contributed by atoms with Gasteiger partial charge in [-0.25, -0.2) is 0 Å². The van der Waals surface area contributed by atoms with Gasteiger partial charge in [0, 0.05) is 11.1 Å². The molecule has 0 spiro atoms. The van der Waals surface area contributed by atoms with Crippen LogP contribution in [0.3, 0.4) is 0 Å². The van der Waals surface area contributed by atoms with E-state index in [4.69, 9.17) is 4.74 Å². The van der Waals surface area contributed by atoms with E-state index >= 15 is 0 Å². The van der Waals surface area contributed by atoms with Gasteiger partial charge in [-0.2, -0.15) is 0 Å². The van der Waals surface area contributed by atoms with Crippen LogP contribution >= 0.6 is 0 Å². The normalized spacial score (nSPS) is 14.7. The second-order valence-electron chi connectivity index (χ2n) is 7.16. The van der Waals surface area contributed by atoms with E-state index in [1.54, 1.807) is 30.3 Å². The lowest BCUT2D eigenvalue weighted by molar-refractivity contribution is 0.0808. The number of hydrogen-bond donors (Lipinski definition) is 2. The number of rotatable bonds is 5. The minimum Gasteiger partial charge on any atom is -0.507 e. The van der Waals surface area contributed by atoms with E-state index in [0.29, 0.717) is 30.3 Å². The summed E-state index contributed by atoms with van der Waals surface area (Å²) in [4.78, 5) is 36.5. The third-order valence-corrected chi connectivity index (χ3v) is 4.70. The molecule has 0 atom stereocenters. The zero-order valence-electron chi connectivity index (χ0n) is 15.1. The van der Waals surface area contributed by atoms with E-state index in [9.17, 15) is 24.6 Å². The summed E-state index contributed by atoms with van der Waals surface area (Å²) in [7, 11) is 0. The quantitative estimate of drug-likeness (QED) is 0.476. The monoisotopic (exact) mass is 368 g/mol. The molecule has 0 aromatic heterocycles. The zero-order chi connectivity index (χ0) is 19.8. The summed E-state index contributed by atoms with van der Waals surface area (Å²) >= 11 is 0. The average molecular weight is 368 g/mol. The number of fused-ring (bicyclic) bond motifs is 1. The predicted octanol–water partition coefficient (Wildman–Crippen LogP) is 3.47. The van der Waals surface area contributed by atoms with E-state index in [2.05, 4.69) is 0 Å². The largest absolute Gasteiger partial charge is 0.507 e. The van der Waals surface area contributed by atoms with Gasteiger partial charge in [0.15, 0.2) is 17.9 Å². The molecular formula is C21H20O6. The van der Waals surface area contributed by atoms with Crippen molar-refractivity contribution in [3.8, 4) is 17.2 Å². The number of carbonyl (C=O) groups excluding carboxylic acids is 3. The Balaban J connectivity index is 2.02. The minimum atomic E-state index is -0.755. The molecule has 0 amide bonds. The van der Waals surface area contributed by atoms with Crippen LogP contribution in [0, 0.1) is 0 Å². The van der Waals surface area contributed by atoms with Crippen LogP contribution in [0.5, 0.6) is 17.2 Å². The van der Waals surface area contributed by atoms with Gasteiger partial charge in [0.05, 0.1) is 12.0 Å². The van der Waals surface area contributed by atoms with Crippen molar-refractivity contribution in [1.29, 1.82) is 0 Å². The second-order valence-corrected chi connectivity index (χ2v) is 7.16. The highest BCUT2D eigenvalue weighted by molar-refractivity contribution is 6.16. The first-order valence-electron chi connectivity index (χ1n) is 8.61. The third kappa shape index (κ3) is 3.43. The molecule has 0 radical (unpaired) electrons. The van der Waals surface area contributed by atoms with Crippen LogP contribution in [0.4, 0.5) is 0 Å². The van der Waals surface area contributed by atoms with Crippen LogP contribution in [0.1, 0.15) is 63.3 Å². The van der Waals surface area contributed by atoms with Gasteiger partial charge in [0.2, 0.25) is 0 Å². The summed E-state index contributed by atoms with van der Waals surface area (Å²) in [5.74, 6) is -2.21. The van der Waals surface area contributed by atoms with Gasteiger partial charge >= 0.3 is 0 Å². The maximum Gasteiger partial charge on any atom is 0.178 e. The number of ether oxygens (including phenoxy) is 1. The Kier molecular flexibility index (Phi) is 4.74. The Bertz CT molecular complexity index is 928. The second kappa shape index (κ2) is 6.87. The van der Waals surface area contributed by atoms with Gasteiger partial charge in [-0.3, -0.25) is 14.4 Å². The minimum absolute atomic E-state index is 0.0854. The fourth-order valence-electron chi connectivity index (χ4n) is 3.21. The molecule has 2 N–H and O–H groups in total. The van der Waals surface area contributed by atoms with Gasteiger partial charge in [-0.05, 0) is 26.7 Å². The highest BCUT2D eigenvalue weighted by Gasteiger charge is 2.35. The fraction of sp³-hybridized carbons (Fsp3) is 0.286. The van der Waals surface area contributed by atoms with Crippen molar-refractivity contribution in [2.24, 2.45) is 0 Å². The maximum absolute atomic E-state index is 12.7. The number of Topliss-reactive ketones (excluding diaryl/α,β-unsaturated/α-hetero) is 2. The number of hydrogen-bond acceptors (Lipinski definition) is 6. The lowest BCUT2D eigenvalue weighted by Crippen LogP contribution is -2.33. The first-order chi connectivity index (χ1) is 12.7. The molecule has 140 valence electrons. The summed E-state index contributed by atoms with van der Waals surface area (Å²) in [6.45, 7) is 3.66. The maximum atomic E-state index is 12.7. The molecule has 0 saturated carbocycles. The average Bonchev–Trinajstić information content (AvgIpc) is 2.62. The zero-order valence-corrected chi connectivity index (χ0v) is 15.1. The summed E-state index contributed by atoms with van der Waals surface area (Å²) < 4.78 is 5.76. The van der Waals surface area contributed by atoms with Crippen molar-refractivity contribution in [2.45, 2.75) is 38.7 Å². The molecule has 0 unspecified atom stereocenters. The highest BCUT2D eigenvalue weighted by atomic mass is 16.5. The first kappa shape index (κ1) is 18.6. The van der Waals surface area contributed by atoms with Crippen LogP contribution in [0.25, 0.3) is 0 Å². The van der Waals surface area contributed by atoms with Crippen LogP contribution in [0.15, 0.2) is 30.3 Å². The molecule has 6 heteroatoms. The lowest BCUT2D eigenvalue weighted by atomic mass is 9.88. The van der Waals surface area contributed by atoms with Crippen LogP contribution < -0.4 is 4.74 Å². The molecular weight excluding hydrogens is 348 g/mol. The molecule has 1 heterocycles. The van der Waals surface area contributed by atoms with Crippen molar-refractivity contribution < 1.29 is 29.3 Å². The lowest BCUT2D eigenvalue weighted by Gasteiger charge is -2.34. The van der Waals surface area contributed by atoms with Crippen molar-refractivity contribution in [2.75, 3.05) is 0 Å². The molecule has 0 saturated heterocycles. The van der Waals surface area contributed by atoms with Crippen LogP contribution in [0.2, 0.25) is 0 Å². The van der Waals surface area contributed by atoms with E-state index in [1.165, 1.54) is 0 Å². The molecule has 2 aromatic rings. The van der Waals surface area contributed by atoms with Gasteiger partial charge in [0.25, 0.3) is 0 Å². The van der Waals surface area contributed by atoms with Crippen molar-refractivity contribution >= 4 is 17.9 Å².